The van der Waals surface area contributed by atoms with E-state index in [9.17, 15) is 0 Å². The quantitative estimate of drug-likeness (QED) is 0.568. The molecule has 2 fully saturated rings. The summed E-state index contributed by atoms with van der Waals surface area (Å²) in [6.07, 6.45) is 5.60. The SMILES string of the molecule is C#C[C@H]1CO[C@@H]2[C@@H]1OC[C@H]2O[Si](C)(C)C(C)(C)C. The highest BCUT2D eigenvalue weighted by Gasteiger charge is 2.50. The summed E-state index contributed by atoms with van der Waals surface area (Å²) in [4.78, 5) is 0. The van der Waals surface area contributed by atoms with Gasteiger partial charge >= 0.3 is 0 Å². The fraction of sp³-hybridized carbons (Fsp3) is 0.857. The van der Waals surface area contributed by atoms with Gasteiger partial charge in [0.25, 0.3) is 0 Å². The first-order valence-corrected chi connectivity index (χ1v) is 9.54. The van der Waals surface area contributed by atoms with Gasteiger partial charge in [-0.2, -0.15) is 0 Å². The van der Waals surface area contributed by atoms with Gasteiger partial charge in [-0.1, -0.05) is 26.7 Å². The minimum absolute atomic E-state index is 0.0279. The van der Waals surface area contributed by atoms with Crippen LogP contribution < -0.4 is 0 Å². The van der Waals surface area contributed by atoms with Crippen molar-refractivity contribution >= 4 is 8.32 Å². The van der Waals surface area contributed by atoms with E-state index in [0.717, 1.165) is 0 Å². The van der Waals surface area contributed by atoms with Gasteiger partial charge in [-0.05, 0) is 18.1 Å². The van der Waals surface area contributed by atoms with Crippen molar-refractivity contribution in [3.8, 4) is 12.3 Å². The molecule has 2 heterocycles. The Balaban J connectivity index is 2.03. The van der Waals surface area contributed by atoms with Gasteiger partial charge in [-0.25, -0.2) is 0 Å². The fourth-order valence-corrected chi connectivity index (χ4v) is 3.58. The maximum absolute atomic E-state index is 6.39. The molecule has 4 atom stereocenters. The molecule has 2 saturated heterocycles. The molecule has 102 valence electrons. The smallest absolute Gasteiger partial charge is 0.192 e. The van der Waals surface area contributed by atoms with E-state index < -0.39 is 8.32 Å². The first-order chi connectivity index (χ1) is 8.26. The molecule has 3 nitrogen and oxygen atoms in total. The molecular formula is C14H24O3Si. The summed E-state index contributed by atoms with van der Waals surface area (Å²) in [5.41, 5.74) is 0. The number of fused-ring (bicyclic) bond motifs is 1. The third-order valence-electron chi connectivity index (χ3n) is 4.47. The molecule has 18 heavy (non-hydrogen) atoms. The zero-order valence-corrected chi connectivity index (χ0v) is 13.0. The van der Waals surface area contributed by atoms with Crippen molar-refractivity contribution in [1.82, 2.24) is 0 Å². The molecule has 2 rings (SSSR count). The monoisotopic (exact) mass is 268 g/mol. The van der Waals surface area contributed by atoms with Crippen LogP contribution in [0.2, 0.25) is 18.1 Å². The molecule has 0 aromatic rings. The highest BCUT2D eigenvalue weighted by atomic mass is 28.4. The number of hydrogen-bond donors (Lipinski definition) is 0. The van der Waals surface area contributed by atoms with Crippen LogP contribution in [-0.4, -0.2) is 39.8 Å². The maximum Gasteiger partial charge on any atom is 0.192 e. The van der Waals surface area contributed by atoms with Crippen LogP contribution in [0.15, 0.2) is 0 Å². The van der Waals surface area contributed by atoms with Crippen LogP contribution in [-0.2, 0) is 13.9 Å². The lowest BCUT2D eigenvalue weighted by Gasteiger charge is -2.39. The van der Waals surface area contributed by atoms with Gasteiger partial charge in [0.05, 0.1) is 25.2 Å². The Morgan fingerprint density at radius 2 is 1.78 bits per heavy atom. The van der Waals surface area contributed by atoms with E-state index in [2.05, 4.69) is 39.8 Å². The Morgan fingerprint density at radius 3 is 2.33 bits per heavy atom. The van der Waals surface area contributed by atoms with Crippen molar-refractivity contribution in [2.45, 2.75) is 57.2 Å². The standard InChI is InChI=1S/C14H24O3Si/c1-7-10-8-15-13-11(9-16-12(10)13)17-18(5,6)14(2,3)4/h1,10-13H,8-9H2,2-6H3/t10-,11+,12+,13-/m0/s1. The van der Waals surface area contributed by atoms with E-state index in [1.54, 1.807) is 0 Å². The van der Waals surface area contributed by atoms with E-state index in [1.165, 1.54) is 0 Å². The molecule has 0 aromatic heterocycles. The zero-order chi connectivity index (χ0) is 13.6. The molecule has 0 saturated carbocycles. The summed E-state index contributed by atoms with van der Waals surface area (Å²) in [5, 5.41) is 0.204. The van der Waals surface area contributed by atoms with Crippen molar-refractivity contribution in [3.63, 3.8) is 0 Å². The van der Waals surface area contributed by atoms with E-state index in [-0.39, 0.29) is 29.3 Å². The third kappa shape index (κ3) is 2.37. The number of terminal acetylenes is 1. The summed E-state index contributed by atoms with van der Waals surface area (Å²) in [6, 6.07) is 0. The van der Waals surface area contributed by atoms with Crippen molar-refractivity contribution < 1.29 is 13.9 Å². The van der Waals surface area contributed by atoms with Crippen LogP contribution in [0.5, 0.6) is 0 Å². The predicted octanol–water partition coefficient (Wildman–Crippen LogP) is 2.42. The maximum atomic E-state index is 6.39. The Morgan fingerprint density at radius 1 is 1.17 bits per heavy atom. The summed E-state index contributed by atoms with van der Waals surface area (Å²) >= 11 is 0. The van der Waals surface area contributed by atoms with Crippen LogP contribution in [0.1, 0.15) is 20.8 Å². The van der Waals surface area contributed by atoms with Crippen LogP contribution in [0.4, 0.5) is 0 Å². The van der Waals surface area contributed by atoms with Gasteiger partial charge in [0.1, 0.15) is 12.2 Å². The second-order valence-corrected chi connectivity index (χ2v) is 11.5. The molecule has 0 N–H and O–H groups in total. The van der Waals surface area contributed by atoms with E-state index in [4.69, 9.17) is 20.3 Å². The van der Waals surface area contributed by atoms with Gasteiger partial charge in [0, 0.05) is 0 Å². The molecule has 2 aliphatic heterocycles. The Bertz CT molecular complexity index is 353. The molecule has 0 aromatic carbocycles. The highest BCUT2D eigenvalue weighted by molar-refractivity contribution is 6.74. The van der Waals surface area contributed by atoms with Gasteiger partial charge in [-0.3, -0.25) is 0 Å². The summed E-state index contributed by atoms with van der Waals surface area (Å²) in [7, 11) is -1.77. The fourth-order valence-electron chi connectivity index (χ4n) is 2.26. The summed E-state index contributed by atoms with van der Waals surface area (Å²) in [6.45, 7) is 12.5. The number of ether oxygens (including phenoxy) is 2. The van der Waals surface area contributed by atoms with E-state index in [0.29, 0.717) is 13.2 Å². The Labute approximate surface area is 111 Å². The molecular weight excluding hydrogens is 244 g/mol. The van der Waals surface area contributed by atoms with Gasteiger partial charge in [0.15, 0.2) is 8.32 Å². The van der Waals surface area contributed by atoms with Crippen LogP contribution in [0, 0.1) is 18.3 Å². The lowest BCUT2D eigenvalue weighted by Crippen LogP contribution is -2.47. The molecule has 0 radical (unpaired) electrons. The average molecular weight is 268 g/mol. The minimum atomic E-state index is -1.77. The summed E-state index contributed by atoms with van der Waals surface area (Å²) in [5.74, 6) is 2.84. The van der Waals surface area contributed by atoms with Crippen molar-refractivity contribution in [2.24, 2.45) is 5.92 Å². The van der Waals surface area contributed by atoms with Gasteiger partial charge in [-0.15, -0.1) is 6.42 Å². The van der Waals surface area contributed by atoms with Gasteiger partial charge < -0.3 is 13.9 Å². The van der Waals surface area contributed by atoms with Crippen LogP contribution in [0.25, 0.3) is 0 Å². The molecule has 0 unspecified atom stereocenters. The molecule has 2 aliphatic rings. The second-order valence-electron chi connectivity index (χ2n) is 6.79. The van der Waals surface area contributed by atoms with E-state index >= 15 is 0 Å². The van der Waals surface area contributed by atoms with E-state index in [1.807, 2.05) is 0 Å². The molecule has 0 spiro atoms. The predicted molar refractivity (Wildman–Crippen MR) is 73.9 cm³/mol. The average Bonchev–Trinajstić information content (AvgIpc) is 2.79. The Hall–Kier alpha value is -0.343. The topological polar surface area (TPSA) is 27.7 Å². The van der Waals surface area contributed by atoms with Gasteiger partial charge in [0.2, 0.25) is 0 Å². The number of rotatable bonds is 2. The molecule has 4 heteroatoms. The lowest BCUT2D eigenvalue weighted by molar-refractivity contribution is 0.0239. The van der Waals surface area contributed by atoms with Crippen molar-refractivity contribution in [2.75, 3.05) is 13.2 Å². The third-order valence-corrected chi connectivity index (χ3v) is 8.98. The first kappa shape index (κ1) is 14.1. The minimum Gasteiger partial charge on any atom is -0.409 e. The normalized spacial score (nSPS) is 36.4. The molecule has 0 bridgehead atoms. The van der Waals surface area contributed by atoms with Crippen LogP contribution in [0.3, 0.4) is 0 Å². The Kier molecular flexibility index (Phi) is 3.63. The highest BCUT2D eigenvalue weighted by Crippen LogP contribution is 2.40. The van der Waals surface area contributed by atoms with Crippen molar-refractivity contribution in [3.05, 3.63) is 0 Å². The second kappa shape index (κ2) is 4.64. The lowest BCUT2D eigenvalue weighted by atomic mass is 10.0. The largest absolute Gasteiger partial charge is 0.409 e. The molecule has 0 aliphatic carbocycles. The molecule has 0 amide bonds. The first-order valence-electron chi connectivity index (χ1n) is 6.63. The number of hydrogen-bond acceptors (Lipinski definition) is 3. The van der Waals surface area contributed by atoms with Crippen LogP contribution >= 0.6 is 0 Å². The summed E-state index contributed by atoms with van der Waals surface area (Å²) < 4.78 is 18.0. The van der Waals surface area contributed by atoms with Crippen molar-refractivity contribution in [1.29, 1.82) is 0 Å². The zero-order valence-electron chi connectivity index (χ0n) is 12.0.